The van der Waals surface area contributed by atoms with Crippen LogP contribution >= 0.6 is 11.8 Å². The summed E-state index contributed by atoms with van der Waals surface area (Å²) >= 11 is 1.50. The number of anilines is 1. The van der Waals surface area contributed by atoms with Gasteiger partial charge in [0.2, 0.25) is 0 Å². The Kier molecular flexibility index (Phi) is 6.39. The number of aliphatic hydroxyl groups is 1. The van der Waals surface area contributed by atoms with Crippen LogP contribution in [0, 0.1) is 0 Å². The van der Waals surface area contributed by atoms with Crippen molar-refractivity contribution >= 4 is 29.3 Å². The number of carbonyl (C=O) groups is 2. The first-order valence-corrected chi connectivity index (χ1v) is 8.33. The highest BCUT2D eigenvalue weighted by Gasteiger charge is 2.17. The molecule has 0 bridgehead atoms. The quantitative estimate of drug-likeness (QED) is 0.686. The Morgan fingerprint density at radius 3 is 2.54 bits per heavy atom. The van der Waals surface area contributed by atoms with Crippen LogP contribution in [0.1, 0.15) is 13.3 Å². The Balaban J connectivity index is 1.92. The minimum atomic E-state index is -0.762. The molecule has 0 unspecified atom stereocenters. The van der Waals surface area contributed by atoms with Crippen molar-refractivity contribution < 1.29 is 14.7 Å². The first-order chi connectivity index (χ1) is 11.5. The molecule has 1 heterocycles. The number of benzene rings is 1. The number of hydrogen-bond donors (Lipinski definition) is 3. The Labute approximate surface area is 144 Å². The van der Waals surface area contributed by atoms with Gasteiger partial charge in [-0.3, -0.25) is 9.59 Å². The molecule has 1 atom stereocenters. The predicted octanol–water partition coefficient (Wildman–Crippen LogP) is 1.40. The van der Waals surface area contributed by atoms with Crippen molar-refractivity contribution in [3.05, 3.63) is 36.7 Å². The second-order valence-corrected chi connectivity index (χ2v) is 6.20. The molecule has 0 spiro atoms. The molecule has 1 aromatic carbocycles. The molecule has 0 radical (unpaired) electrons. The van der Waals surface area contributed by atoms with E-state index in [1.807, 2.05) is 36.9 Å². The van der Waals surface area contributed by atoms with Crippen molar-refractivity contribution in [3.63, 3.8) is 0 Å². The third-order valence-corrected chi connectivity index (χ3v) is 4.44. The zero-order valence-electron chi connectivity index (χ0n) is 13.5. The lowest BCUT2D eigenvalue weighted by Gasteiger charge is -2.13. The van der Waals surface area contributed by atoms with E-state index in [4.69, 9.17) is 5.11 Å². The van der Waals surface area contributed by atoms with Crippen molar-refractivity contribution in [2.45, 2.75) is 29.4 Å². The van der Waals surface area contributed by atoms with Crippen LogP contribution in [0.3, 0.4) is 0 Å². The number of aromatic nitrogens is 2. The maximum atomic E-state index is 11.8. The van der Waals surface area contributed by atoms with Gasteiger partial charge in [0.05, 0.1) is 12.6 Å². The van der Waals surface area contributed by atoms with Gasteiger partial charge in [0.15, 0.2) is 5.16 Å². The molecule has 0 aliphatic rings. The molecule has 0 aliphatic carbocycles. The van der Waals surface area contributed by atoms with Gasteiger partial charge in [-0.2, -0.15) is 0 Å². The van der Waals surface area contributed by atoms with E-state index in [-0.39, 0.29) is 6.61 Å². The van der Waals surface area contributed by atoms with Gasteiger partial charge in [-0.1, -0.05) is 18.7 Å². The minimum Gasteiger partial charge on any atom is -0.394 e. The second-order valence-electron chi connectivity index (χ2n) is 5.16. The van der Waals surface area contributed by atoms with E-state index in [0.29, 0.717) is 12.1 Å². The third-order valence-electron chi connectivity index (χ3n) is 3.35. The summed E-state index contributed by atoms with van der Waals surface area (Å²) in [5, 5.41) is 14.9. The van der Waals surface area contributed by atoms with E-state index in [1.54, 1.807) is 18.3 Å². The van der Waals surface area contributed by atoms with Gasteiger partial charge in [0, 0.05) is 30.0 Å². The molecule has 3 N–H and O–H groups in total. The molecule has 2 rings (SSSR count). The summed E-state index contributed by atoms with van der Waals surface area (Å²) in [6.45, 7) is 1.62. The maximum Gasteiger partial charge on any atom is 0.313 e. The SMILES string of the molecule is CC[C@H](CO)NC(=O)C(=O)Nc1ccc(Sc2nccn2C)cc1. The Hall–Kier alpha value is -2.32. The largest absolute Gasteiger partial charge is 0.394 e. The van der Waals surface area contributed by atoms with E-state index in [1.165, 1.54) is 11.8 Å². The molecular weight excluding hydrogens is 328 g/mol. The fourth-order valence-electron chi connectivity index (χ4n) is 1.88. The average Bonchev–Trinajstić information content (AvgIpc) is 2.99. The monoisotopic (exact) mass is 348 g/mol. The van der Waals surface area contributed by atoms with Crippen molar-refractivity contribution in [1.82, 2.24) is 14.9 Å². The Morgan fingerprint density at radius 2 is 2.00 bits per heavy atom. The zero-order valence-corrected chi connectivity index (χ0v) is 14.3. The first kappa shape index (κ1) is 18.0. The molecule has 128 valence electrons. The lowest BCUT2D eigenvalue weighted by atomic mass is 10.2. The van der Waals surface area contributed by atoms with Crippen LogP contribution in [-0.4, -0.2) is 39.1 Å². The molecule has 2 amide bonds. The van der Waals surface area contributed by atoms with Crippen LogP contribution in [0.2, 0.25) is 0 Å². The highest BCUT2D eigenvalue weighted by molar-refractivity contribution is 7.99. The Bertz CT molecular complexity index is 696. The molecule has 8 heteroatoms. The van der Waals surface area contributed by atoms with Crippen LogP contribution in [0.25, 0.3) is 0 Å². The summed E-state index contributed by atoms with van der Waals surface area (Å²) in [7, 11) is 1.92. The van der Waals surface area contributed by atoms with Crippen LogP contribution in [-0.2, 0) is 16.6 Å². The average molecular weight is 348 g/mol. The number of hydrogen-bond acceptors (Lipinski definition) is 5. The Morgan fingerprint density at radius 1 is 1.29 bits per heavy atom. The van der Waals surface area contributed by atoms with E-state index in [2.05, 4.69) is 15.6 Å². The standard InChI is InChI=1S/C16H20N4O3S/c1-3-11(10-21)18-14(22)15(23)19-12-4-6-13(7-5-12)24-16-17-8-9-20(16)2/h4-9,11,21H,3,10H2,1-2H3,(H,18,22)(H,19,23)/t11-/m1/s1. The highest BCUT2D eigenvalue weighted by Crippen LogP contribution is 2.26. The van der Waals surface area contributed by atoms with Crippen molar-refractivity contribution in [2.24, 2.45) is 7.05 Å². The van der Waals surface area contributed by atoms with Gasteiger partial charge in [0.1, 0.15) is 0 Å². The van der Waals surface area contributed by atoms with Gasteiger partial charge < -0.3 is 20.3 Å². The van der Waals surface area contributed by atoms with Crippen LogP contribution < -0.4 is 10.6 Å². The van der Waals surface area contributed by atoms with E-state index >= 15 is 0 Å². The van der Waals surface area contributed by atoms with E-state index < -0.39 is 17.9 Å². The molecule has 0 aliphatic heterocycles. The summed E-state index contributed by atoms with van der Waals surface area (Å²) in [6.07, 6.45) is 4.14. The first-order valence-electron chi connectivity index (χ1n) is 7.51. The van der Waals surface area contributed by atoms with Crippen molar-refractivity contribution in [3.8, 4) is 0 Å². The van der Waals surface area contributed by atoms with Crippen LogP contribution in [0.4, 0.5) is 5.69 Å². The highest BCUT2D eigenvalue weighted by atomic mass is 32.2. The predicted molar refractivity (Wildman–Crippen MR) is 91.7 cm³/mol. The van der Waals surface area contributed by atoms with Crippen molar-refractivity contribution in [1.29, 1.82) is 0 Å². The van der Waals surface area contributed by atoms with Gasteiger partial charge in [-0.25, -0.2) is 4.98 Å². The fraction of sp³-hybridized carbons (Fsp3) is 0.312. The van der Waals surface area contributed by atoms with Crippen LogP contribution in [0.5, 0.6) is 0 Å². The lowest BCUT2D eigenvalue weighted by molar-refractivity contribution is -0.136. The number of aryl methyl sites for hydroxylation is 1. The molecular formula is C16H20N4O3S. The summed E-state index contributed by atoms with van der Waals surface area (Å²) in [5.41, 5.74) is 0.524. The topological polar surface area (TPSA) is 96.2 Å². The second kappa shape index (κ2) is 8.51. The molecule has 0 saturated heterocycles. The zero-order chi connectivity index (χ0) is 17.5. The molecule has 24 heavy (non-hydrogen) atoms. The number of rotatable bonds is 6. The third kappa shape index (κ3) is 4.84. The molecule has 0 fully saturated rings. The van der Waals surface area contributed by atoms with Crippen molar-refractivity contribution in [2.75, 3.05) is 11.9 Å². The van der Waals surface area contributed by atoms with Gasteiger partial charge in [0.25, 0.3) is 0 Å². The summed E-state index contributed by atoms with van der Waals surface area (Å²) in [6, 6.07) is 6.71. The fourth-order valence-corrected chi connectivity index (χ4v) is 2.68. The summed E-state index contributed by atoms with van der Waals surface area (Å²) < 4.78 is 1.91. The van der Waals surface area contributed by atoms with E-state index in [0.717, 1.165) is 10.1 Å². The van der Waals surface area contributed by atoms with Gasteiger partial charge in [-0.05, 0) is 30.7 Å². The maximum absolute atomic E-state index is 11.8. The summed E-state index contributed by atoms with van der Waals surface area (Å²) in [5.74, 6) is -1.52. The number of aliphatic hydroxyl groups excluding tert-OH is 1. The lowest BCUT2D eigenvalue weighted by Crippen LogP contribution is -2.43. The summed E-state index contributed by atoms with van der Waals surface area (Å²) in [4.78, 5) is 28.8. The molecule has 0 saturated carbocycles. The number of nitrogens with zero attached hydrogens (tertiary/aromatic N) is 2. The normalized spacial score (nSPS) is 11.8. The smallest absolute Gasteiger partial charge is 0.313 e. The van der Waals surface area contributed by atoms with Gasteiger partial charge in [-0.15, -0.1) is 0 Å². The molecule has 7 nitrogen and oxygen atoms in total. The molecule has 1 aromatic heterocycles. The van der Waals surface area contributed by atoms with Crippen LogP contribution in [0.15, 0.2) is 46.7 Å². The van der Waals surface area contributed by atoms with E-state index in [9.17, 15) is 9.59 Å². The molecule has 2 aromatic rings. The number of amides is 2. The number of carbonyl (C=O) groups excluding carboxylic acids is 2. The number of imidazole rings is 1. The number of nitrogens with one attached hydrogen (secondary N) is 2. The minimum absolute atomic E-state index is 0.200. The van der Waals surface area contributed by atoms with Gasteiger partial charge >= 0.3 is 11.8 Å².